The number of rotatable bonds is 6. The molecule has 0 saturated heterocycles. The Morgan fingerprint density at radius 3 is 2.75 bits per heavy atom. The summed E-state index contributed by atoms with van der Waals surface area (Å²) in [6.45, 7) is 5.24. The largest absolute Gasteiger partial charge is 0.494 e. The molecule has 1 aromatic heterocycles. The van der Waals surface area contributed by atoms with Crippen LogP contribution in [0.4, 0.5) is 5.69 Å². The molecule has 144 valence electrons. The van der Waals surface area contributed by atoms with Crippen molar-refractivity contribution in [3.05, 3.63) is 58.4 Å². The smallest absolute Gasteiger partial charge is 0.265 e. The van der Waals surface area contributed by atoms with Crippen molar-refractivity contribution in [2.45, 2.75) is 20.3 Å². The van der Waals surface area contributed by atoms with Gasteiger partial charge in [0, 0.05) is 17.5 Å². The van der Waals surface area contributed by atoms with Crippen LogP contribution in [0.2, 0.25) is 0 Å². The highest BCUT2D eigenvalue weighted by Crippen LogP contribution is 2.36. The van der Waals surface area contributed by atoms with Crippen molar-refractivity contribution >= 4 is 22.9 Å². The van der Waals surface area contributed by atoms with Crippen molar-refractivity contribution in [3.8, 4) is 22.8 Å². The van der Waals surface area contributed by atoms with Crippen LogP contribution in [-0.4, -0.2) is 30.6 Å². The third kappa shape index (κ3) is 4.02. The van der Waals surface area contributed by atoms with E-state index >= 15 is 0 Å². The molecule has 0 fully saturated rings. The molecule has 5 nitrogen and oxygen atoms in total. The fraction of sp³-hybridized carbons (Fsp3) is 0.273. The number of thiazole rings is 1. The van der Waals surface area contributed by atoms with E-state index in [1.165, 1.54) is 5.56 Å². The van der Waals surface area contributed by atoms with E-state index in [0.717, 1.165) is 39.9 Å². The molecule has 1 aliphatic rings. The van der Waals surface area contributed by atoms with E-state index in [2.05, 4.69) is 4.98 Å². The summed E-state index contributed by atoms with van der Waals surface area (Å²) >= 11 is 1.61. The van der Waals surface area contributed by atoms with Crippen molar-refractivity contribution in [3.63, 3.8) is 0 Å². The summed E-state index contributed by atoms with van der Waals surface area (Å²) in [5, 5.41) is 3.05. The molecule has 0 aliphatic carbocycles. The summed E-state index contributed by atoms with van der Waals surface area (Å²) in [4.78, 5) is 18.8. The highest BCUT2D eigenvalue weighted by Gasteiger charge is 2.25. The van der Waals surface area contributed by atoms with Gasteiger partial charge in [0.2, 0.25) is 0 Å². The number of hydrogen-bond acceptors (Lipinski definition) is 5. The molecule has 0 N–H and O–H groups in total. The van der Waals surface area contributed by atoms with Crippen LogP contribution in [0.1, 0.15) is 17.0 Å². The van der Waals surface area contributed by atoms with Crippen LogP contribution in [0, 0.1) is 13.8 Å². The van der Waals surface area contributed by atoms with Crippen molar-refractivity contribution in [2.24, 2.45) is 0 Å². The summed E-state index contributed by atoms with van der Waals surface area (Å²) in [5.41, 5.74) is 3.91. The lowest BCUT2D eigenvalue weighted by molar-refractivity contribution is -0.121. The third-order valence-corrected chi connectivity index (χ3v) is 5.41. The van der Waals surface area contributed by atoms with Gasteiger partial charge in [-0.25, -0.2) is 4.98 Å². The summed E-state index contributed by atoms with van der Waals surface area (Å²) in [6, 6.07) is 13.9. The molecule has 1 amide bonds. The highest BCUT2D eigenvalue weighted by atomic mass is 32.1. The van der Waals surface area contributed by atoms with Crippen LogP contribution >= 0.6 is 11.3 Å². The van der Waals surface area contributed by atoms with Gasteiger partial charge >= 0.3 is 0 Å². The van der Waals surface area contributed by atoms with Gasteiger partial charge in [0.25, 0.3) is 5.91 Å². The summed E-state index contributed by atoms with van der Waals surface area (Å²) < 4.78 is 11.4. The Morgan fingerprint density at radius 2 is 2.00 bits per heavy atom. The Morgan fingerprint density at radius 1 is 1.18 bits per heavy atom. The predicted molar refractivity (Wildman–Crippen MR) is 111 cm³/mol. The van der Waals surface area contributed by atoms with Gasteiger partial charge in [-0.15, -0.1) is 11.3 Å². The molecule has 0 bridgehead atoms. The van der Waals surface area contributed by atoms with E-state index in [4.69, 9.17) is 9.47 Å². The number of aryl methyl sites for hydroxylation is 2. The first-order valence-corrected chi connectivity index (χ1v) is 10.2. The van der Waals surface area contributed by atoms with Crippen LogP contribution in [0.15, 0.2) is 47.8 Å². The number of aromatic nitrogens is 1. The van der Waals surface area contributed by atoms with E-state index in [0.29, 0.717) is 13.2 Å². The second-order valence-electron chi connectivity index (χ2n) is 6.78. The van der Waals surface area contributed by atoms with Gasteiger partial charge in [0.1, 0.15) is 11.5 Å². The van der Waals surface area contributed by atoms with Gasteiger partial charge < -0.3 is 14.4 Å². The first kappa shape index (κ1) is 18.5. The lowest BCUT2D eigenvalue weighted by Crippen LogP contribution is -2.39. The number of nitrogens with zero attached hydrogens (tertiary/aromatic N) is 2. The monoisotopic (exact) mass is 394 g/mol. The molecule has 0 atom stereocenters. The maximum atomic E-state index is 12.5. The maximum absolute atomic E-state index is 12.5. The minimum absolute atomic E-state index is 0.0329. The molecule has 6 heteroatoms. The Labute approximate surface area is 168 Å². The number of hydrogen-bond donors (Lipinski definition) is 0. The van der Waals surface area contributed by atoms with Crippen molar-refractivity contribution in [2.75, 3.05) is 24.7 Å². The lowest BCUT2D eigenvalue weighted by atomic mass is 10.1. The zero-order valence-electron chi connectivity index (χ0n) is 16.0. The van der Waals surface area contributed by atoms with E-state index in [9.17, 15) is 4.79 Å². The normalized spacial score (nSPS) is 13.2. The Hall–Kier alpha value is -2.86. The van der Waals surface area contributed by atoms with E-state index in [1.54, 1.807) is 16.2 Å². The average molecular weight is 394 g/mol. The lowest BCUT2D eigenvalue weighted by Gasteiger charge is -2.29. The number of amides is 1. The maximum Gasteiger partial charge on any atom is 0.265 e. The zero-order valence-corrected chi connectivity index (χ0v) is 16.8. The van der Waals surface area contributed by atoms with Crippen molar-refractivity contribution in [1.29, 1.82) is 0 Å². The van der Waals surface area contributed by atoms with Crippen LogP contribution in [0.25, 0.3) is 11.3 Å². The quantitative estimate of drug-likeness (QED) is 0.573. The molecule has 2 heterocycles. The first-order chi connectivity index (χ1) is 13.6. The number of fused-ring (bicyclic) bond motifs is 1. The topological polar surface area (TPSA) is 51.7 Å². The average Bonchev–Trinajstić information content (AvgIpc) is 3.14. The van der Waals surface area contributed by atoms with E-state index in [1.807, 2.05) is 61.7 Å². The Bertz CT molecular complexity index is 982. The fourth-order valence-electron chi connectivity index (χ4n) is 3.15. The van der Waals surface area contributed by atoms with Crippen LogP contribution in [0.3, 0.4) is 0 Å². The van der Waals surface area contributed by atoms with Crippen molar-refractivity contribution < 1.29 is 14.3 Å². The number of carbonyl (C=O) groups excluding carboxylic acids is 1. The Balaban J connectivity index is 1.45. The van der Waals surface area contributed by atoms with Gasteiger partial charge in [-0.1, -0.05) is 17.7 Å². The molecular formula is C22H22N2O3S. The van der Waals surface area contributed by atoms with Crippen LogP contribution in [0.5, 0.6) is 11.5 Å². The molecule has 0 radical (unpaired) electrons. The number of benzene rings is 2. The van der Waals surface area contributed by atoms with Crippen LogP contribution in [-0.2, 0) is 4.79 Å². The minimum Gasteiger partial charge on any atom is -0.494 e. The molecule has 0 saturated carbocycles. The fourth-order valence-corrected chi connectivity index (χ4v) is 3.77. The number of ether oxygens (including phenoxy) is 2. The summed E-state index contributed by atoms with van der Waals surface area (Å²) in [7, 11) is 0. The minimum atomic E-state index is -0.0329. The molecule has 1 aliphatic heterocycles. The Kier molecular flexibility index (Phi) is 5.30. The summed E-state index contributed by atoms with van der Waals surface area (Å²) in [6.07, 6.45) is 0.735. The van der Waals surface area contributed by atoms with Gasteiger partial charge in [-0.2, -0.15) is 0 Å². The molecule has 2 aromatic carbocycles. The predicted octanol–water partition coefficient (Wildman–Crippen LogP) is 4.62. The van der Waals surface area contributed by atoms with Gasteiger partial charge in [-0.05, 0) is 50.6 Å². The molecule has 0 unspecified atom stereocenters. The molecular weight excluding hydrogens is 372 g/mol. The van der Waals surface area contributed by atoms with Gasteiger partial charge in [0.15, 0.2) is 6.61 Å². The number of carbonyl (C=O) groups is 1. The number of anilines is 1. The molecule has 3 aromatic rings. The van der Waals surface area contributed by atoms with E-state index in [-0.39, 0.29) is 12.5 Å². The van der Waals surface area contributed by atoms with Crippen LogP contribution < -0.4 is 14.4 Å². The second-order valence-corrected chi connectivity index (χ2v) is 7.85. The van der Waals surface area contributed by atoms with E-state index < -0.39 is 0 Å². The van der Waals surface area contributed by atoms with Gasteiger partial charge in [-0.3, -0.25) is 4.79 Å². The third-order valence-electron chi connectivity index (χ3n) is 4.63. The molecule has 4 rings (SSSR count). The van der Waals surface area contributed by atoms with Gasteiger partial charge in [0.05, 0.1) is 23.0 Å². The highest BCUT2D eigenvalue weighted by molar-refractivity contribution is 7.09. The van der Waals surface area contributed by atoms with Crippen molar-refractivity contribution in [1.82, 2.24) is 4.98 Å². The second kappa shape index (κ2) is 8.02. The summed E-state index contributed by atoms with van der Waals surface area (Å²) in [5.74, 6) is 1.55. The SMILES string of the molecule is Cc1ccc(OCCCN2C(=O)COc3ccc(-c4csc(C)n4)cc32)cc1. The molecule has 28 heavy (non-hydrogen) atoms. The zero-order chi connectivity index (χ0) is 19.5. The first-order valence-electron chi connectivity index (χ1n) is 9.29. The molecule has 0 spiro atoms. The standard InChI is InChI=1S/C22H22N2O3S/c1-15-4-7-18(8-5-15)26-11-3-10-24-20-12-17(19-14-28-16(2)23-19)6-9-21(20)27-13-22(24)25/h4-9,12,14H,3,10-11,13H2,1-2H3.